The highest BCUT2D eigenvalue weighted by atomic mass is 16.5. The number of nitrogens with zero attached hydrogens (tertiary/aromatic N) is 4. The number of hydrogen-bond donors (Lipinski definition) is 3. The number of amides is 1. The molecule has 2 saturated carbocycles. The molecule has 1 aromatic carbocycles. The SMILES string of the molecule is Cc1cc(-c2cnn3c(NC[C@H]4C[C@@](C)(O)C4)cc(Oc4cccnc4)nc23)ccc1C(=O)NC1CC1C. The summed E-state index contributed by atoms with van der Waals surface area (Å²) in [5, 5.41) is 21.3. The average Bonchev–Trinajstić information content (AvgIpc) is 3.38. The van der Waals surface area contributed by atoms with Crippen molar-refractivity contribution in [2.75, 3.05) is 11.9 Å². The number of hydrogen-bond acceptors (Lipinski definition) is 7. The first-order valence-electron chi connectivity index (χ1n) is 13.1. The summed E-state index contributed by atoms with van der Waals surface area (Å²) in [6.07, 6.45) is 7.68. The van der Waals surface area contributed by atoms with Crippen molar-refractivity contribution in [3.05, 3.63) is 66.1 Å². The smallest absolute Gasteiger partial charge is 0.251 e. The number of aromatic nitrogens is 4. The minimum absolute atomic E-state index is 0.0324. The van der Waals surface area contributed by atoms with Crippen LogP contribution in [-0.2, 0) is 0 Å². The van der Waals surface area contributed by atoms with E-state index in [1.807, 2.05) is 50.2 Å². The van der Waals surface area contributed by atoms with Crippen molar-refractivity contribution in [2.24, 2.45) is 11.8 Å². The molecular weight excluding hydrogens is 480 g/mol. The summed E-state index contributed by atoms with van der Waals surface area (Å²) in [5.74, 6) is 2.65. The predicted molar refractivity (Wildman–Crippen MR) is 144 cm³/mol. The molecule has 9 heteroatoms. The fraction of sp³-hybridized carbons (Fsp3) is 0.379. The van der Waals surface area contributed by atoms with E-state index in [0.717, 1.165) is 41.8 Å². The summed E-state index contributed by atoms with van der Waals surface area (Å²) in [4.78, 5) is 21.7. The number of pyridine rings is 1. The Labute approximate surface area is 221 Å². The monoisotopic (exact) mass is 512 g/mol. The number of benzene rings is 1. The molecule has 196 valence electrons. The van der Waals surface area contributed by atoms with Gasteiger partial charge in [-0.1, -0.05) is 19.1 Å². The molecular formula is C29H32N6O3. The number of fused-ring (bicyclic) bond motifs is 1. The highest BCUT2D eigenvalue weighted by molar-refractivity contribution is 5.97. The lowest BCUT2D eigenvalue weighted by molar-refractivity contribution is -0.0524. The van der Waals surface area contributed by atoms with Crippen LogP contribution in [0.5, 0.6) is 11.6 Å². The van der Waals surface area contributed by atoms with Crippen LogP contribution in [0, 0.1) is 18.8 Å². The summed E-state index contributed by atoms with van der Waals surface area (Å²) in [7, 11) is 0. The Morgan fingerprint density at radius 2 is 2.05 bits per heavy atom. The van der Waals surface area contributed by atoms with Gasteiger partial charge in [-0.05, 0) is 74.3 Å². The minimum Gasteiger partial charge on any atom is -0.437 e. The van der Waals surface area contributed by atoms with Crippen LogP contribution >= 0.6 is 0 Å². The van der Waals surface area contributed by atoms with Crippen LogP contribution in [-0.4, -0.2) is 48.8 Å². The topological polar surface area (TPSA) is 114 Å². The van der Waals surface area contributed by atoms with Crippen molar-refractivity contribution < 1.29 is 14.6 Å². The lowest BCUT2D eigenvalue weighted by Crippen LogP contribution is -2.43. The normalized spacial score (nSPS) is 24.1. The summed E-state index contributed by atoms with van der Waals surface area (Å²) in [6, 6.07) is 11.6. The zero-order chi connectivity index (χ0) is 26.4. The number of carbonyl (C=O) groups is 1. The molecule has 38 heavy (non-hydrogen) atoms. The van der Waals surface area contributed by atoms with Gasteiger partial charge < -0.3 is 20.5 Å². The van der Waals surface area contributed by atoms with Gasteiger partial charge in [0.1, 0.15) is 11.6 Å². The molecule has 6 rings (SSSR count). The highest BCUT2D eigenvalue weighted by Gasteiger charge is 2.38. The van der Waals surface area contributed by atoms with E-state index in [4.69, 9.17) is 9.72 Å². The summed E-state index contributed by atoms with van der Waals surface area (Å²) in [5.41, 5.74) is 3.38. The number of rotatable bonds is 8. The standard InChI is InChI=1S/C29H32N6O3/c1-17-9-20(6-7-22(17)28(36)33-24-10-18(24)2)23-16-32-35-25(31-14-19-12-29(3,37)13-19)11-26(34-27(23)35)38-21-5-4-8-30-15-21/h4-9,11,15-16,18-19,24,31,37H,10,12-14H2,1-3H3,(H,33,36)/t18?,19-,24?,29+. The van der Waals surface area contributed by atoms with Crippen LogP contribution < -0.4 is 15.4 Å². The number of nitrogens with one attached hydrogen (secondary N) is 2. The zero-order valence-electron chi connectivity index (χ0n) is 21.8. The quantitative estimate of drug-likeness (QED) is 0.316. The fourth-order valence-electron chi connectivity index (χ4n) is 5.28. The molecule has 3 aromatic heterocycles. The number of ether oxygens (including phenoxy) is 1. The number of aliphatic hydroxyl groups is 1. The zero-order valence-corrected chi connectivity index (χ0v) is 21.8. The van der Waals surface area contributed by atoms with Crippen molar-refractivity contribution in [1.29, 1.82) is 0 Å². The van der Waals surface area contributed by atoms with Crippen LogP contribution in [0.4, 0.5) is 5.82 Å². The molecule has 0 radical (unpaired) electrons. The first-order valence-corrected chi connectivity index (χ1v) is 13.1. The van der Waals surface area contributed by atoms with Crippen molar-refractivity contribution >= 4 is 17.4 Å². The van der Waals surface area contributed by atoms with Crippen molar-refractivity contribution in [1.82, 2.24) is 24.9 Å². The van der Waals surface area contributed by atoms with Crippen LogP contribution in [0.25, 0.3) is 16.8 Å². The van der Waals surface area contributed by atoms with Gasteiger partial charge in [-0.25, -0.2) is 0 Å². The Morgan fingerprint density at radius 1 is 1.24 bits per heavy atom. The first kappa shape index (κ1) is 24.4. The number of carbonyl (C=O) groups excluding carboxylic acids is 1. The molecule has 2 aliphatic carbocycles. The van der Waals surface area contributed by atoms with Gasteiger partial charge in [0.2, 0.25) is 5.88 Å². The Bertz CT molecular complexity index is 1490. The van der Waals surface area contributed by atoms with Gasteiger partial charge in [0, 0.05) is 36.0 Å². The van der Waals surface area contributed by atoms with Crippen LogP contribution in [0.3, 0.4) is 0 Å². The largest absolute Gasteiger partial charge is 0.437 e. The third kappa shape index (κ3) is 4.93. The molecule has 0 spiro atoms. The van der Waals surface area contributed by atoms with Gasteiger partial charge in [0.05, 0.1) is 18.0 Å². The number of aryl methyl sites for hydroxylation is 1. The molecule has 2 unspecified atom stereocenters. The molecule has 3 N–H and O–H groups in total. The van der Waals surface area contributed by atoms with E-state index >= 15 is 0 Å². The molecule has 0 bridgehead atoms. The van der Waals surface area contributed by atoms with Crippen molar-refractivity contribution in [2.45, 2.75) is 51.7 Å². The molecule has 2 fully saturated rings. The fourth-order valence-corrected chi connectivity index (χ4v) is 5.28. The molecule has 9 nitrogen and oxygen atoms in total. The van der Waals surface area contributed by atoms with Gasteiger partial charge in [-0.3, -0.25) is 9.78 Å². The Balaban J connectivity index is 1.32. The molecule has 2 atom stereocenters. The molecule has 1 amide bonds. The van der Waals surface area contributed by atoms with Crippen LogP contribution in [0.2, 0.25) is 0 Å². The maximum absolute atomic E-state index is 12.7. The molecule has 0 saturated heterocycles. The Morgan fingerprint density at radius 3 is 2.74 bits per heavy atom. The third-order valence-corrected chi connectivity index (χ3v) is 7.54. The van der Waals surface area contributed by atoms with E-state index < -0.39 is 5.60 Å². The van der Waals surface area contributed by atoms with E-state index in [2.05, 4.69) is 27.6 Å². The third-order valence-electron chi connectivity index (χ3n) is 7.54. The van der Waals surface area contributed by atoms with Gasteiger partial charge in [-0.15, -0.1) is 0 Å². The molecule has 2 aliphatic rings. The van der Waals surface area contributed by atoms with E-state index in [-0.39, 0.29) is 11.9 Å². The summed E-state index contributed by atoms with van der Waals surface area (Å²) >= 11 is 0. The maximum Gasteiger partial charge on any atom is 0.251 e. The van der Waals surface area contributed by atoms with Gasteiger partial charge in [-0.2, -0.15) is 14.6 Å². The van der Waals surface area contributed by atoms with Gasteiger partial charge in [0.15, 0.2) is 5.65 Å². The van der Waals surface area contributed by atoms with E-state index in [1.165, 1.54) is 0 Å². The summed E-state index contributed by atoms with van der Waals surface area (Å²) < 4.78 is 7.82. The summed E-state index contributed by atoms with van der Waals surface area (Å²) in [6.45, 7) is 6.67. The van der Waals surface area contributed by atoms with Crippen LogP contribution in [0.1, 0.15) is 49.0 Å². The predicted octanol–water partition coefficient (Wildman–Crippen LogP) is 4.60. The van der Waals surface area contributed by atoms with Gasteiger partial charge in [0.25, 0.3) is 5.91 Å². The molecule has 3 heterocycles. The second kappa shape index (κ2) is 9.40. The van der Waals surface area contributed by atoms with E-state index in [1.54, 1.807) is 23.1 Å². The minimum atomic E-state index is -0.578. The first-order chi connectivity index (χ1) is 18.3. The molecule has 4 aromatic rings. The highest BCUT2D eigenvalue weighted by Crippen LogP contribution is 2.38. The van der Waals surface area contributed by atoms with Gasteiger partial charge >= 0.3 is 0 Å². The lowest BCUT2D eigenvalue weighted by atomic mass is 9.72. The lowest BCUT2D eigenvalue weighted by Gasteiger charge is -2.41. The van der Waals surface area contributed by atoms with Crippen molar-refractivity contribution in [3.63, 3.8) is 0 Å². The van der Waals surface area contributed by atoms with Crippen LogP contribution in [0.15, 0.2) is 55.0 Å². The Hall–Kier alpha value is -3.98. The second-order valence-corrected chi connectivity index (χ2v) is 11.0. The second-order valence-electron chi connectivity index (χ2n) is 11.0. The average molecular weight is 513 g/mol. The van der Waals surface area contributed by atoms with E-state index in [0.29, 0.717) is 41.2 Å². The maximum atomic E-state index is 12.7. The van der Waals surface area contributed by atoms with E-state index in [9.17, 15) is 9.90 Å². The molecule has 0 aliphatic heterocycles. The van der Waals surface area contributed by atoms with Crippen molar-refractivity contribution in [3.8, 4) is 22.8 Å². The number of anilines is 1. The Kier molecular flexibility index (Phi) is 6.03.